The highest BCUT2D eigenvalue weighted by atomic mass is 19.4. The molecule has 4 aromatic rings. The highest BCUT2D eigenvalue weighted by molar-refractivity contribution is 6.04. The molecule has 1 aliphatic rings. The van der Waals surface area contributed by atoms with Crippen LogP contribution in [0, 0.1) is 11.8 Å². The molecule has 5 rings (SSSR count). The fourth-order valence-corrected chi connectivity index (χ4v) is 4.73. The van der Waals surface area contributed by atoms with Crippen molar-refractivity contribution < 1.29 is 22.8 Å². The van der Waals surface area contributed by atoms with Crippen LogP contribution in [-0.2, 0) is 11.0 Å². The molecule has 1 N–H and O–H groups in total. The van der Waals surface area contributed by atoms with Crippen LogP contribution in [0.25, 0.3) is 16.8 Å². The molecule has 0 spiro atoms. The second-order valence-corrected chi connectivity index (χ2v) is 8.94. The Labute approximate surface area is 221 Å². The number of likely N-dealkylation sites (tertiary alicyclic amines) is 1. The fraction of sp³-hybridized carbons (Fsp3) is 0.250. The number of benzene rings is 1. The molecule has 3 aromatic heterocycles. The van der Waals surface area contributed by atoms with Gasteiger partial charge in [-0.1, -0.05) is 24.1 Å². The Hall–Kier alpha value is -4.72. The summed E-state index contributed by atoms with van der Waals surface area (Å²) in [6.07, 6.45) is 1.39. The Balaban J connectivity index is 1.59. The van der Waals surface area contributed by atoms with Crippen LogP contribution in [0.2, 0.25) is 0 Å². The van der Waals surface area contributed by atoms with Gasteiger partial charge >= 0.3 is 6.18 Å². The van der Waals surface area contributed by atoms with E-state index in [2.05, 4.69) is 32.1 Å². The zero-order valence-electron chi connectivity index (χ0n) is 20.9. The van der Waals surface area contributed by atoms with Gasteiger partial charge < -0.3 is 10.2 Å². The quantitative estimate of drug-likeness (QED) is 0.368. The summed E-state index contributed by atoms with van der Waals surface area (Å²) >= 11 is 0. The predicted octanol–water partition coefficient (Wildman–Crippen LogP) is 5.14. The number of carbonyl (C=O) groups excluding carboxylic acids is 2. The van der Waals surface area contributed by atoms with E-state index in [-0.39, 0.29) is 11.2 Å². The zero-order valence-corrected chi connectivity index (χ0v) is 20.9. The van der Waals surface area contributed by atoms with Gasteiger partial charge in [-0.3, -0.25) is 14.0 Å². The van der Waals surface area contributed by atoms with Crippen LogP contribution in [0.1, 0.15) is 54.1 Å². The average Bonchev–Trinajstić information content (AvgIpc) is 3.33. The zero-order chi connectivity index (χ0) is 27.6. The number of rotatable bonds is 4. The minimum absolute atomic E-state index is 0.0571. The maximum absolute atomic E-state index is 14.1. The van der Waals surface area contributed by atoms with Crippen LogP contribution in [0.5, 0.6) is 0 Å². The largest absolute Gasteiger partial charge is 0.435 e. The summed E-state index contributed by atoms with van der Waals surface area (Å²) in [5.74, 6) is 5.00. The van der Waals surface area contributed by atoms with E-state index in [9.17, 15) is 22.8 Å². The monoisotopic (exact) mass is 532 g/mol. The highest BCUT2D eigenvalue weighted by Gasteiger charge is 2.39. The first-order valence-electron chi connectivity index (χ1n) is 12.3. The van der Waals surface area contributed by atoms with Crippen molar-refractivity contribution in [3.05, 3.63) is 78.1 Å². The first-order chi connectivity index (χ1) is 18.8. The van der Waals surface area contributed by atoms with Gasteiger partial charge in [0.1, 0.15) is 17.2 Å². The maximum Gasteiger partial charge on any atom is 0.435 e. The first kappa shape index (κ1) is 25.9. The number of nitrogens with zero attached hydrogens (tertiary/aromatic N) is 5. The molecule has 1 fully saturated rings. The summed E-state index contributed by atoms with van der Waals surface area (Å²) in [4.78, 5) is 39.3. The summed E-state index contributed by atoms with van der Waals surface area (Å²) in [7, 11) is 0. The third kappa shape index (κ3) is 5.18. The van der Waals surface area contributed by atoms with Gasteiger partial charge in [-0.15, -0.1) is 0 Å². The topological polar surface area (TPSA) is 92.5 Å². The van der Waals surface area contributed by atoms with Crippen molar-refractivity contribution in [3.63, 3.8) is 0 Å². The fourth-order valence-electron chi connectivity index (χ4n) is 4.73. The minimum Gasteiger partial charge on any atom is -0.322 e. The lowest BCUT2D eigenvalue weighted by molar-refractivity contribution is -0.140. The number of imidazole rings is 1. The Bertz CT molecular complexity index is 1590. The van der Waals surface area contributed by atoms with Crippen LogP contribution in [0.4, 0.5) is 19.0 Å². The lowest BCUT2D eigenvalue weighted by atomic mass is 10.0. The Kier molecular flexibility index (Phi) is 7.02. The van der Waals surface area contributed by atoms with Gasteiger partial charge in [-0.05, 0) is 56.4 Å². The summed E-state index contributed by atoms with van der Waals surface area (Å²) in [6.45, 7) is 1.99. The van der Waals surface area contributed by atoms with Crippen molar-refractivity contribution in [2.45, 2.75) is 38.4 Å². The smallest absolute Gasteiger partial charge is 0.322 e. The van der Waals surface area contributed by atoms with E-state index in [0.29, 0.717) is 35.7 Å². The summed E-state index contributed by atoms with van der Waals surface area (Å²) in [6, 6.07) is 10.6. The molecule has 2 amide bonds. The van der Waals surface area contributed by atoms with E-state index in [1.54, 1.807) is 48.4 Å². The molecule has 0 radical (unpaired) electrons. The van der Waals surface area contributed by atoms with Crippen molar-refractivity contribution in [2.75, 3.05) is 11.9 Å². The van der Waals surface area contributed by atoms with Crippen molar-refractivity contribution in [2.24, 2.45) is 0 Å². The van der Waals surface area contributed by atoms with Gasteiger partial charge in [0.05, 0.1) is 11.7 Å². The second-order valence-electron chi connectivity index (χ2n) is 8.94. The van der Waals surface area contributed by atoms with Crippen molar-refractivity contribution in [1.82, 2.24) is 24.3 Å². The van der Waals surface area contributed by atoms with E-state index < -0.39 is 29.7 Å². The molecule has 4 heterocycles. The molecule has 1 aliphatic heterocycles. The SMILES string of the molecule is CC#CC(=O)N1CCCCC1c1nc(-c2ccc(C(=O)Nc3ccccn3)cc2)c2c(C(F)(F)F)nccn12. The molecule has 0 bridgehead atoms. The maximum atomic E-state index is 14.1. The number of aromatic nitrogens is 4. The molecule has 0 saturated carbocycles. The molecule has 1 atom stereocenters. The normalized spacial score (nSPS) is 15.5. The number of carbonyl (C=O) groups is 2. The van der Waals surface area contributed by atoms with Gasteiger partial charge in [-0.25, -0.2) is 15.0 Å². The Morgan fingerprint density at radius 3 is 2.54 bits per heavy atom. The van der Waals surface area contributed by atoms with Crippen LogP contribution in [0.15, 0.2) is 61.1 Å². The van der Waals surface area contributed by atoms with Gasteiger partial charge in [-0.2, -0.15) is 13.2 Å². The number of amides is 2. The molecule has 1 aromatic carbocycles. The number of nitrogens with one attached hydrogen (secondary N) is 1. The molecule has 11 heteroatoms. The first-order valence-corrected chi connectivity index (χ1v) is 12.3. The second kappa shape index (κ2) is 10.6. The van der Waals surface area contributed by atoms with E-state index >= 15 is 0 Å². The molecule has 8 nitrogen and oxygen atoms in total. The lowest BCUT2D eigenvalue weighted by Gasteiger charge is -2.33. The number of hydrogen-bond acceptors (Lipinski definition) is 5. The molecular weight excluding hydrogens is 509 g/mol. The van der Waals surface area contributed by atoms with Gasteiger partial charge in [0.25, 0.3) is 11.8 Å². The number of piperidine rings is 1. The van der Waals surface area contributed by atoms with Crippen molar-refractivity contribution in [3.8, 4) is 23.1 Å². The van der Waals surface area contributed by atoms with Gasteiger partial charge in [0.2, 0.25) is 0 Å². The molecule has 1 unspecified atom stereocenters. The standard InChI is InChI=1S/C28H23F3N6O2/c1-2-7-22(38)36-16-6-4-8-20(36)26-35-23(24-25(28(29,30)31)33-15-17-37(24)26)18-10-12-19(13-11-18)27(39)34-21-9-3-5-14-32-21/h3,5,9-15,17,20H,4,6,8,16H2,1H3,(H,32,34,39). The average molecular weight is 533 g/mol. The van der Waals surface area contributed by atoms with E-state index in [4.69, 9.17) is 0 Å². The molecule has 198 valence electrons. The minimum atomic E-state index is -4.74. The van der Waals surface area contributed by atoms with E-state index in [1.165, 1.54) is 22.7 Å². The van der Waals surface area contributed by atoms with Crippen LogP contribution in [0.3, 0.4) is 0 Å². The number of pyridine rings is 1. The number of fused-ring (bicyclic) bond motifs is 1. The van der Waals surface area contributed by atoms with Crippen LogP contribution >= 0.6 is 0 Å². The summed E-state index contributed by atoms with van der Waals surface area (Å²) in [5.41, 5.74) is -0.581. The lowest BCUT2D eigenvalue weighted by Crippen LogP contribution is -2.38. The van der Waals surface area contributed by atoms with Gasteiger partial charge in [0, 0.05) is 36.3 Å². The molecule has 0 aliphatic carbocycles. The predicted molar refractivity (Wildman–Crippen MR) is 137 cm³/mol. The Morgan fingerprint density at radius 2 is 1.85 bits per heavy atom. The van der Waals surface area contributed by atoms with E-state index in [1.807, 2.05) is 0 Å². The van der Waals surface area contributed by atoms with Crippen molar-refractivity contribution in [1.29, 1.82) is 0 Å². The van der Waals surface area contributed by atoms with Gasteiger partial charge in [0.15, 0.2) is 5.69 Å². The third-order valence-corrected chi connectivity index (χ3v) is 6.47. The third-order valence-electron chi connectivity index (χ3n) is 6.47. The number of alkyl halides is 3. The summed E-state index contributed by atoms with van der Waals surface area (Å²) < 4.78 is 43.7. The molecular formula is C28H23F3N6O2. The molecule has 1 saturated heterocycles. The molecule has 39 heavy (non-hydrogen) atoms. The Morgan fingerprint density at radius 1 is 1.05 bits per heavy atom. The summed E-state index contributed by atoms with van der Waals surface area (Å²) in [5, 5.41) is 2.67. The van der Waals surface area contributed by atoms with Crippen LogP contribution in [-0.4, -0.2) is 42.6 Å². The number of anilines is 1. The number of hydrogen-bond donors (Lipinski definition) is 1. The van der Waals surface area contributed by atoms with Crippen molar-refractivity contribution >= 4 is 23.1 Å². The number of halogens is 3. The highest BCUT2D eigenvalue weighted by Crippen LogP contribution is 2.39. The van der Waals surface area contributed by atoms with Crippen LogP contribution < -0.4 is 5.32 Å². The van der Waals surface area contributed by atoms with E-state index in [0.717, 1.165) is 19.0 Å².